The number of hydrogen-bond acceptors (Lipinski definition) is 6. The van der Waals surface area contributed by atoms with Crippen molar-refractivity contribution in [2.24, 2.45) is 5.92 Å². The van der Waals surface area contributed by atoms with Crippen LogP contribution in [0, 0.1) is 11.1 Å². The third-order valence-corrected chi connectivity index (χ3v) is 15.0. The third kappa shape index (κ3) is 6.27. The van der Waals surface area contributed by atoms with Crippen molar-refractivity contribution in [3.63, 3.8) is 0 Å². The average Bonchev–Trinajstić information content (AvgIpc) is 3.30. The lowest BCUT2D eigenvalue weighted by atomic mass is 10.0. The topological polar surface area (TPSA) is 99.9 Å². The molecule has 10 heteroatoms. The van der Waals surface area contributed by atoms with E-state index in [0.29, 0.717) is 23.9 Å². The fraction of sp³-hybridized carbons (Fsp3) is 0.355. The molecule has 1 heterocycles. The first-order valence-corrected chi connectivity index (χ1v) is 17.5. The van der Waals surface area contributed by atoms with Crippen molar-refractivity contribution in [3.8, 4) is 0 Å². The molecule has 8 nitrogen and oxygen atoms in total. The summed E-state index contributed by atoms with van der Waals surface area (Å²) in [6, 6.07) is 31.3. The van der Waals surface area contributed by atoms with Crippen LogP contribution in [-0.2, 0) is 18.3 Å². The van der Waals surface area contributed by atoms with Crippen molar-refractivity contribution < 1.29 is 27.9 Å². The van der Waals surface area contributed by atoms with E-state index in [-0.39, 0.29) is 19.8 Å². The van der Waals surface area contributed by atoms with Crippen LogP contribution in [0.1, 0.15) is 27.2 Å². The summed E-state index contributed by atoms with van der Waals surface area (Å²) in [5.74, 6) is -0.556. The summed E-state index contributed by atoms with van der Waals surface area (Å²) in [4.78, 5) is 12.9. The maximum Gasteiger partial charge on any atom is 0.407 e. The van der Waals surface area contributed by atoms with E-state index in [1.54, 1.807) is 20.8 Å². The zero-order valence-electron chi connectivity index (χ0n) is 23.8. The van der Waals surface area contributed by atoms with Crippen molar-refractivity contribution >= 4 is 43.1 Å². The number of alkyl carbamates (subject to hydrolysis) is 1. The predicted octanol–water partition coefficient (Wildman–Crippen LogP) is 5.29. The van der Waals surface area contributed by atoms with Gasteiger partial charge >= 0.3 is 13.7 Å². The maximum atomic E-state index is 13.6. The Morgan fingerprint density at radius 3 is 1.83 bits per heavy atom. The number of ether oxygens (including phenoxy) is 1. The molecule has 1 aliphatic heterocycles. The quantitative estimate of drug-likeness (QED) is 0.163. The predicted molar refractivity (Wildman–Crippen MR) is 166 cm³/mol. The number of rotatable bonds is 13. The summed E-state index contributed by atoms with van der Waals surface area (Å²) < 4.78 is 30.9. The summed E-state index contributed by atoms with van der Waals surface area (Å²) in [6.07, 6.45) is 1.80. The van der Waals surface area contributed by atoms with Gasteiger partial charge in [0.05, 0.1) is 31.8 Å². The lowest BCUT2D eigenvalue weighted by Gasteiger charge is -2.34. The molecule has 0 saturated carbocycles. The molecule has 0 aliphatic carbocycles. The van der Waals surface area contributed by atoms with Crippen LogP contribution in [0.5, 0.6) is 0 Å². The van der Waals surface area contributed by atoms with Gasteiger partial charge in [-0.3, -0.25) is 4.57 Å². The van der Waals surface area contributed by atoms with Gasteiger partial charge in [0.2, 0.25) is 0 Å². The van der Waals surface area contributed by atoms with Gasteiger partial charge in [0.15, 0.2) is 6.21 Å². The number of amides is 1. The smallest absolute Gasteiger partial charge is 0.407 e. The summed E-state index contributed by atoms with van der Waals surface area (Å²) in [7, 11) is -5.93. The minimum absolute atomic E-state index is 0.0992. The normalized spacial score (nSPS) is 19.0. The molecule has 2 atom stereocenters. The largest absolute Gasteiger partial charge is 0.623 e. The standard InChI is InChI=1S/C31H38N2O6P2/c1-4-38-41(36,39-5-2)31(3)26(21-23-33(31)35)25-37-30(34)32-22-24-40(27-15-9-6-10-16-27,28-17-11-7-12-18-28)29-19-13-8-14-20-29/h6-20,23,26H,4-5,21-22,24-25H2,1-3H3/p+1/t26-,31+/m1/s1. The fourth-order valence-corrected chi connectivity index (χ4v) is 11.8. The van der Waals surface area contributed by atoms with E-state index in [2.05, 4.69) is 78.1 Å². The maximum absolute atomic E-state index is 13.6. The second-order valence-electron chi connectivity index (χ2n) is 9.93. The van der Waals surface area contributed by atoms with Crippen LogP contribution in [0.15, 0.2) is 91.0 Å². The van der Waals surface area contributed by atoms with Gasteiger partial charge < -0.3 is 24.3 Å². The van der Waals surface area contributed by atoms with E-state index in [0.717, 1.165) is 0 Å². The number of benzene rings is 3. The van der Waals surface area contributed by atoms with Gasteiger partial charge in [-0.2, -0.15) is 4.74 Å². The first kappa shape index (κ1) is 30.9. The first-order chi connectivity index (χ1) is 19.8. The molecule has 0 spiro atoms. The van der Waals surface area contributed by atoms with E-state index < -0.39 is 32.1 Å². The number of hydrogen-bond donors (Lipinski definition) is 1. The van der Waals surface area contributed by atoms with E-state index in [1.165, 1.54) is 22.1 Å². The molecule has 3 aromatic carbocycles. The van der Waals surface area contributed by atoms with Crippen molar-refractivity contribution in [3.05, 3.63) is 96.2 Å². The SMILES string of the molecule is CCOP(=O)(OCC)[C@@]1(C)[C@@H](COC(=O)NCC[P+](c2ccccc2)(c2ccccc2)c2ccccc2)CC=[N+]1[O-]. The van der Waals surface area contributed by atoms with Crippen molar-refractivity contribution in [2.75, 3.05) is 32.5 Å². The highest BCUT2D eigenvalue weighted by Crippen LogP contribution is 2.64. The van der Waals surface area contributed by atoms with Gasteiger partial charge in [-0.15, -0.1) is 0 Å². The van der Waals surface area contributed by atoms with Gasteiger partial charge in [-0.05, 0) is 50.2 Å². The molecule has 0 radical (unpaired) electrons. The zero-order valence-corrected chi connectivity index (χ0v) is 25.6. The number of hydroxylamine groups is 1. The molecular weight excluding hydrogens is 558 g/mol. The first-order valence-electron chi connectivity index (χ1n) is 14.0. The molecule has 0 saturated heterocycles. The Hall–Kier alpha value is -3.02. The highest BCUT2D eigenvalue weighted by atomic mass is 31.2. The van der Waals surface area contributed by atoms with Gasteiger partial charge in [-0.25, -0.2) is 4.79 Å². The van der Waals surface area contributed by atoms with Crippen LogP contribution in [-0.4, -0.2) is 54.9 Å². The van der Waals surface area contributed by atoms with Gasteiger partial charge in [-0.1, -0.05) is 54.6 Å². The van der Waals surface area contributed by atoms with Gasteiger partial charge in [0.25, 0.3) is 5.28 Å². The van der Waals surface area contributed by atoms with Crippen LogP contribution < -0.4 is 21.2 Å². The molecule has 0 unspecified atom stereocenters. The Morgan fingerprint density at radius 1 is 0.927 bits per heavy atom. The summed E-state index contributed by atoms with van der Waals surface area (Å²) in [5.41, 5.74) is 0. The fourth-order valence-electron chi connectivity index (χ4n) is 5.45. The van der Waals surface area contributed by atoms with Crippen molar-refractivity contribution in [1.82, 2.24) is 5.32 Å². The Kier molecular flexibility index (Phi) is 10.4. The summed E-state index contributed by atoms with van der Waals surface area (Å²) in [5, 5.41) is 17.9. The van der Waals surface area contributed by atoms with Crippen LogP contribution in [0.4, 0.5) is 4.79 Å². The second-order valence-corrected chi connectivity index (χ2v) is 16.0. The summed E-state index contributed by atoms with van der Waals surface area (Å²) >= 11 is 0. The molecule has 1 amide bonds. The Labute approximate surface area is 243 Å². The molecule has 0 bridgehead atoms. The molecule has 4 rings (SSSR count). The average molecular weight is 598 g/mol. The Balaban J connectivity index is 1.50. The molecule has 1 aliphatic rings. The molecular formula is C31H39N2O6P2+. The van der Waals surface area contributed by atoms with Crippen LogP contribution >= 0.6 is 14.9 Å². The van der Waals surface area contributed by atoms with Gasteiger partial charge in [0, 0.05) is 13.3 Å². The molecule has 41 heavy (non-hydrogen) atoms. The molecule has 3 aromatic rings. The minimum atomic E-state index is -3.82. The Bertz CT molecular complexity index is 1250. The van der Waals surface area contributed by atoms with E-state index in [4.69, 9.17) is 13.8 Å². The lowest BCUT2D eigenvalue weighted by Crippen LogP contribution is -2.43. The van der Waals surface area contributed by atoms with Crippen molar-refractivity contribution in [1.29, 1.82) is 0 Å². The highest BCUT2D eigenvalue weighted by molar-refractivity contribution is 7.95. The number of carbonyl (C=O) groups excluding carboxylic acids is 1. The van der Waals surface area contributed by atoms with E-state index in [9.17, 15) is 14.6 Å². The Morgan fingerprint density at radius 2 is 1.39 bits per heavy atom. The second kappa shape index (κ2) is 13.8. The highest BCUT2D eigenvalue weighted by Gasteiger charge is 2.63. The monoisotopic (exact) mass is 597 g/mol. The van der Waals surface area contributed by atoms with Crippen LogP contribution in [0.3, 0.4) is 0 Å². The van der Waals surface area contributed by atoms with E-state index >= 15 is 0 Å². The van der Waals surface area contributed by atoms with E-state index in [1.807, 2.05) is 18.2 Å². The van der Waals surface area contributed by atoms with Crippen LogP contribution in [0.2, 0.25) is 0 Å². The minimum Gasteiger partial charge on any atom is -0.623 e. The molecule has 0 aromatic heterocycles. The van der Waals surface area contributed by atoms with Crippen molar-refractivity contribution in [2.45, 2.75) is 32.5 Å². The number of nitrogens with one attached hydrogen (secondary N) is 1. The summed E-state index contributed by atoms with van der Waals surface area (Å²) in [6.45, 7) is 5.49. The molecule has 0 fully saturated rings. The van der Waals surface area contributed by atoms with Gasteiger partial charge in [0.1, 0.15) is 29.8 Å². The molecule has 1 N–H and O–H groups in total. The number of carbonyl (C=O) groups is 1. The van der Waals surface area contributed by atoms with Crippen LogP contribution in [0.25, 0.3) is 0 Å². The number of nitrogens with zero attached hydrogens (tertiary/aromatic N) is 1. The molecule has 218 valence electrons. The third-order valence-electron chi connectivity index (χ3n) is 7.65. The zero-order chi connectivity index (χ0) is 29.3. The lowest BCUT2D eigenvalue weighted by molar-refractivity contribution is -0.515.